The van der Waals surface area contributed by atoms with E-state index in [-0.39, 0.29) is 18.7 Å². The van der Waals surface area contributed by atoms with Crippen LogP contribution in [0, 0.1) is 0 Å². The number of hydrogen-bond donors (Lipinski definition) is 2. The first-order chi connectivity index (χ1) is 15.6. The Bertz CT molecular complexity index is 1140. The van der Waals surface area contributed by atoms with Crippen LogP contribution in [0.3, 0.4) is 0 Å². The number of rotatable bonds is 7. The fourth-order valence-corrected chi connectivity index (χ4v) is 3.39. The number of methoxy groups -OCH3 is 1. The summed E-state index contributed by atoms with van der Waals surface area (Å²) in [4.78, 5) is 26.6. The van der Waals surface area contributed by atoms with E-state index in [9.17, 15) is 9.59 Å². The van der Waals surface area contributed by atoms with Gasteiger partial charge < -0.3 is 20.1 Å². The molecule has 10 nitrogen and oxygen atoms in total. The fraction of sp³-hybridized carbons (Fsp3) is 0.227. The van der Waals surface area contributed by atoms with Crippen molar-refractivity contribution in [2.75, 3.05) is 13.7 Å². The van der Waals surface area contributed by atoms with Crippen LogP contribution in [0.4, 0.5) is 4.79 Å². The van der Waals surface area contributed by atoms with Gasteiger partial charge in [-0.25, -0.2) is 9.59 Å². The van der Waals surface area contributed by atoms with Crippen molar-refractivity contribution in [3.8, 4) is 17.1 Å². The second kappa shape index (κ2) is 9.29. The first-order valence-electron chi connectivity index (χ1n) is 10.0. The number of carbonyl (C=O) groups is 2. The SMILES string of the molecule is CCOC(=O)C1=C(Cn2nnc(-c3ccccc3)n2)NC(=O)NC1c1ccc(OC)cc1. The molecule has 0 radical (unpaired) electrons. The van der Waals surface area contributed by atoms with Crippen molar-refractivity contribution in [2.24, 2.45) is 0 Å². The summed E-state index contributed by atoms with van der Waals surface area (Å²) in [6, 6.07) is 15.3. The van der Waals surface area contributed by atoms with Gasteiger partial charge in [0.25, 0.3) is 0 Å². The lowest BCUT2D eigenvalue weighted by Crippen LogP contribution is -2.47. The van der Waals surface area contributed by atoms with Gasteiger partial charge in [0.15, 0.2) is 0 Å². The van der Waals surface area contributed by atoms with Crippen LogP contribution in [-0.2, 0) is 16.1 Å². The molecule has 164 valence electrons. The highest BCUT2D eigenvalue weighted by molar-refractivity contribution is 5.95. The number of benzene rings is 2. The summed E-state index contributed by atoms with van der Waals surface area (Å²) < 4.78 is 10.5. The summed E-state index contributed by atoms with van der Waals surface area (Å²) in [7, 11) is 1.57. The van der Waals surface area contributed by atoms with Gasteiger partial charge in [-0.3, -0.25) is 0 Å². The van der Waals surface area contributed by atoms with Crippen LogP contribution in [0.15, 0.2) is 65.9 Å². The van der Waals surface area contributed by atoms with Gasteiger partial charge in [0.1, 0.15) is 12.3 Å². The summed E-state index contributed by atoms with van der Waals surface area (Å²) in [6.45, 7) is 1.95. The van der Waals surface area contributed by atoms with E-state index < -0.39 is 18.0 Å². The number of esters is 1. The third-order valence-corrected chi connectivity index (χ3v) is 4.88. The molecule has 1 atom stereocenters. The number of urea groups is 1. The molecular weight excluding hydrogens is 412 g/mol. The molecule has 1 aliphatic heterocycles. The lowest BCUT2D eigenvalue weighted by Gasteiger charge is -2.29. The standard InChI is InChI=1S/C22H22N6O4/c1-3-32-21(29)18-17(13-28-26-20(25-27-28)15-7-5-4-6-8-15)23-22(30)24-19(18)14-9-11-16(31-2)12-10-14/h4-12,19H,3,13H2,1-2H3,(H2,23,24,30). The Morgan fingerprint density at radius 1 is 1.12 bits per heavy atom. The molecule has 0 saturated carbocycles. The normalized spacial score (nSPS) is 15.7. The van der Waals surface area contributed by atoms with Gasteiger partial charge in [-0.15, -0.1) is 10.2 Å². The number of tetrazole rings is 1. The molecular formula is C22H22N6O4. The Morgan fingerprint density at radius 3 is 2.56 bits per heavy atom. The molecule has 10 heteroatoms. The van der Waals surface area contributed by atoms with Gasteiger partial charge in [-0.05, 0) is 29.8 Å². The highest BCUT2D eigenvalue weighted by Gasteiger charge is 2.34. The zero-order valence-corrected chi connectivity index (χ0v) is 17.6. The number of allylic oxidation sites excluding steroid dienone is 1. The van der Waals surface area contributed by atoms with Gasteiger partial charge >= 0.3 is 12.0 Å². The average molecular weight is 434 g/mol. The highest BCUT2D eigenvalue weighted by atomic mass is 16.5. The topological polar surface area (TPSA) is 120 Å². The smallest absolute Gasteiger partial charge is 0.338 e. The Labute approximate surface area is 184 Å². The maximum absolute atomic E-state index is 12.9. The van der Waals surface area contributed by atoms with Crippen molar-refractivity contribution in [2.45, 2.75) is 19.5 Å². The Hall–Kier alpha value is -4.21. The monoisotopic (exact) mass is 434 g/mol. The highest BCUT2D eigenvalue weighted by Crippen LogP contribution is 2.29. The maximum atomic E-state index is 12.9. The molecule has 0 spiro atoms. The van der Waals surface area contributed by atoms with E-state index in [1.807, 2.05) is 30.3 Å². The zero-order valence-electron chi connectivity index (χ0n) is 17.6. The van der Waals surface area contributed by atoms with Gasteiger partial charge in [-0.2, -0.15) is 4.80 Å². The molecule has 2 heterocycles. The van der Waals surface area contributed by atoms with Crippen LogP contribution in [0.2, 0.25) is 0 Å². The first kappa shape index (κ1) is 21.0. The number of amides is 2. The second-order valence-electron chi connectivity index (χ2n) is 6.93. The van der Waals surface area contributed by atoms with Crippen LogP contribution >= 0.6 is 0 Å². The van der Waals surface area contributed by atoms with E-state index >= 15 is 0 Å². The molecule has 2 amide bonds. The van der Waals surface area contributed by atoms with Crippen LogP contribution < -0.4 is 15.4 Å². The molecule has 0 aliphatic carbocycles. The van der Waals surface area contributed by atoms with Gasteiger partial charge in [0, 0.05) is 5.56 Å². The lowest BCUT2D eigenvalue weighted by molar-refractivity contribution is -0.139. The minimum Gasteiger partial charge on any atom is -0.497 e. The minimum absolute atomic E-state index is 0.0358. The summed E-state index contributed by atoms with van der Waals surface area (Å²) in [6.07, 6.45) is 0. The molecule has 1 aromatic heterocycles. The fourth-order valence-electron chi connectivity index (χ4n) is 3.39. The van der Waals surface area contributed by atoms with E-state index in [1.165, 1.54) is 4.80 Å². The zero-order chi connectivity index (χ0) is 22.5. The summed E-state index contributed by atoms with van der Waals surface area (Å²) in [5.41, 5.74) is 2.13. The molecule has 0 saturated heterocycles. The average Bonchev–Trinajstić information content (AvgIpc) is 3.28. The van der Waals surface area contributed by atoms with Gasteiger partial charge in [0.05, 0.1) is 31.0 Å². The van der Waals surface area contributed by atoms with Crippen molar-refractivity contribution in [3.05, 3.63) is 71.4 Å². The Morgan fingerprint density at radius 2 is 1.88 bits per heavy atom. The lowest BCUT2D eigenvalue weighted by atomic mass is 9.95. The van der Waals surface area contributed by atoms with Crippen LogP contribution in [-0.4, -0.2) is 45.9 Å². The number of nitrogens with one attached hydrogen (secondary N) is 2. The third kappa shape index (κ3) is 4.43. The maximum Gasteiger partial charge on any atom is 0.338 e. The van der Waals surface area contributed by atoms with Crippen LogP contribution in [0.5, 0.6) is 5.75 Å². The van der Waals surface area contributed by atoms with Crippen molar-refractivity contribution in [1.29, 1.82) is 0 Å². The van der Waals surface area contributed by atoms with E-state index in [4.69, 9.17) is 9.47 Å². The predicted octanol–water partition coefficient (Wildman–Crippen LogP) is 2.22. The summed E-state index contributed by atoms with van der Waals surface area (Å²) >= 11 is 0. The number of carbonyl (C=O) groups excluding carboxylic acids is 2. The molecule has 0 fully saturated rings. The molecule has 4 rings (SSSR count). The number of aromatic nitrogens is 4. The van der Waals surface area contributed by atoms with E-state index in [2.05, 4.69) is 26.0 Å². The molecule has 3 aromatic rings. The van der Waals surface area contributed by atoms with Gasteiger partial charge in [0.2, 0.25) is 5.82 Å². The molecule has 32 heavy (non-hydrogen) atoms. The van der Waals surface area contributed by atoms with Crippen molar-refractivity contribution in [1.82, 2.24) is 30.8 Å². The van der Waals surface area contributed by atoms with E-state index in [0.717, 1.165) is 5.56 Å². The Balaban J connectivity index is 1.70. The quantitative estimate of drug-likeness (QED) is 0.547. The predicted molar refractivity (Wildman–Crippen MR) is 114 cm³/mol. The van der Waals surface area contributed by atoms with Crippen molar-refractivity contribution >= 4 is 12.0 Å². The third-order valence-electron chi connectivity index (χ3n) is 4.88. The molecule has 1 aliphatic rings. The summed E-state index contributed by atoms with van der Waals surface area (Å²) in [5.74, 6) is 0.561. The first-order valence-corrected chi connectivity index (χ1v) is 10.0. The molecule has 0 bridgehead atoms. The van der Waals surface area contributed by atoms with Crippen LogP contribution in [0.1, 0.15) is 18.5 Å². The van der Waals surface area contributed by atoms with Gasteiger partial charge in [-0.1, -0.05) is 42.5 Å². The number of ether oxygens (including phenoxy) is 2. The van der Waals surface area contributed by atoms with Crippen molar-refractivity contribution < 1.29 is 19.1 Å². The van der Waals surface area contributed by atoms with Crippen molar-refractivity contribution in [3.63, 3.8) is 0 Å². The summed E-state index contributed by atoms with van der Waals surface area (Å²) in [5, 5.41) is 18.0. The number of nitrogens with zero attached hydrogens (tertiary/aromatic N) is 4. The Kier molecular flexibility index (Phi) is 6.11. The molecule has 1 unspecified atom stereocenters. The largest absolute Gasteiger partial charge is 0.497 e. The molecule has 2 N–H and O–H groups in total. The van der Waals surface area contributed by atoms with Crippen LogP contribution in [0.25, 0.3) is 11.4 Å². The van der Waals surface area contributed by atoms with E-state index in [1.54, 1.807) is 38.3 Å². The van der Waals surface area contributed by atoms with E-state index in [0.29, 0.717) is 22.8 Å². The minimum atomic E-state index is -0.708. The second-order valence-corrected chi connectivity index (χ2v) is 6.93. The molecule has 2 aromatic carbocycles. The number of hydrogen-bond acceptors (Lipinski definition) is 7.